The van der Waals surface area contributed by atoms with Crippen LogP contribution in [0.2, 0.25) is 0 Å². The van der Waals surface area contributed by atoms with Crippen molar-refractivity contribution < 1.29 is 252 Å². The molecule has 0 aliphatic carbocycles. The average Bonchev–Trinajstić information content (AvgIpc) is 0.961. The Morgan fingerprint density at radius 2 is 0.521 bits per heavy atom. The Morgan fingerprint density at radius 1 is 0.275 bits per heavy atom. The third-order valence-electron chi connectivity index (χ3n) is 25.7. The second kappa shape index (κ2) is 60.3. The lowest BCUT2D eigenvalue weighted by Gasteiger charge is -2.46. The fourth-order valence-corrected chi connectivity index (χ4v) is 17.0. The molecule has 58 heteroatoms. The maximum Gasteiger partial charge on any atom is 0.333 e. The molecule has 9 fully saturated rings. The van der Waals surface area contributed by atoms with Crippen molar-refractivity contribution in [2.24, 2.45) is 0 Å². The second-order valence-electron chi connectivity index (χ2n) is 36.1. The zero-order valence-electron chi connectivity index (χ0n) is 78.2. The van der Waals surface area contributed by atoms with Gasteiger partial charge in [0.25, 0.3) is 11.8 Å². The van der Waals surface area contributed by atoms with Crippen LogP contribution in [0.25, 0.3) is 0 Å². The van der Waals surface area contributed by atoms with Crippen molar-refractivity contribution in [2.75, 3.05) is 158 Å². The zero-order valence-corrected chi connectivity index (χ0v) is 78.2. The first-order valence-corrected chi connectivity index (χ1v) is 47.7. The summed E-state index contributed by atoms with van der Waals surface area (Å²) in [5, 5.41) is 305. The first-order valence-electron chi connectivity index (χ1n) is 47.7. The summed E-state index contributed by atoms with van der Waals surface area (Å²) in [6, 6.07) is 0. The quantitative estimate of drug-likeness (QED) is 0.0199. The molecule has 31 N–H and O–H groups in total. The fourth-order valence-electron chi connectivity index (χ4n) is 17.0. The minimum absolute atomic E-state index is 0.0190. The molecule has 9 heterocycles. The van der Waals surface area contributed by atoms with Gasteiger partial charge in [0.1, 0.15) is 195 Å². The first kappa shape index (κ1) is 121. The largest absolute Gasteiger partial charge is 0.394 e. The van der Waals surface area contributed by atoms with Gasteiger partial charge in [0.05, 0.1) is 98.9 Å². The summed E-state index contributed by atoms with van der Waals surface area (Å²) in [6.45, 7) is -7.98. The summed E-state index contributed by atoms with van der Waals surface area (Å²) >= 11 is 0. The zero-order chi connectivity index (χ0) is 104. The highest BCUT2D eigenvalue weighted by Gasteiger charge is 2.56. The number of aliphatic hydroxyl groups is 28. The Bertz CT molecular complexity index is 3460. The smallest absolute Gasteiger partial charge is 0.333 e. The van der Waals surface area contributed by atoms with Crippen molar-refractivity contribution in [3.63, 3.8) is 0 Å². The van der Waals surface area contributed by atoms with Gasteiger partial charge < -0.3 is 240 Å². The Kier molecular flexibility index (Phi) is 51.2. The standard InChI is InChI=1S/C84H147N7O51/c92-31-39-53(104)61(112)67(118)77(132-39)126-24-20-88(22-26-128-81-73(124)75(140-83-71(122)65(116)57(108)43(35-96)136-83)59(110)45(138-81)37-130-79-69(120)63(114)55(106)41(33-94)134-79)18-10-3-1-7-15-85-47(98)28-90(30-49(100)87-17-9-5-6-12-52(103)142-91-50(101)13-14-51(91)102)29-48(99)86-16-8-2-4-11-19-89(21-25-127-78-68(119)62(113)54(105)40(32-93)133-78)23-27-129-82-74(125)76(141-84-72(123)66(117)58(109)44(36-97)137-84)60(111)46(139-82)38-131-80-70(121)64(115)56(107)42(34-95)135-80/h39-46,53-84,92-97,104-125H,1-38H2,(H,85,98)(H,86,99)(H,87,100)/t39-,40-,41-,42-,43-,44-,45-,46-,53-,54-,55-,56-,57-,58-,59-,60-,61+,62+,63+,64+,65+,66+,67+,68+,69+,70+,71+,72+,73+,74+,75+,76+,77+,78+,79+,80+,81+,82+,83-,84-/m1/s1. The van der Waals surface area contributed by atoms with E-state index in [1.165, 1.54) is 4.90 Å². The number of hydrogen-bond acceptors (Lipinski definition) is 54. The highest BCUT2D eigenvalue weighted by molar-refractivity contribution is 6.01. The van der Waals surface area contributed by atoms with Crippen molar-refractivity contribution in [2.45, 2.75) is 336 Å². The minimum atomic E-state index is -2.03. The van der Waals surface area contributed by atoms with Crippen LogP contribution in [-0.4, -0.2) is 602 Å². The van der Waals surface area contributed by atoms with E-state index in [0.29, 0.717) is 69.3 Å². The molecule has 142 heavy (non-hydrogen) atoms. The lowest BCUT2D eigenvalue weighted by atomic mass is 9.96. The van der Waals surface area contributed by atoms with Crippen LogP contribution in [0.5, 0.6) is 0 Å². The van der Waals surface area contributed by atoms with E-state index in [4.69, 9.17) is 80.6 Å². The maximum absolute atomic E-state index is 13.7. The molecule has 9 saturated heterocycles. The monoisotopic (exact) mass is 2070 g/mol. The summed E-state index contributed by atoms with van der Waals surface area (Å²) in [5.74, 6) is -3.81. The highest BCUT2D eigenvalue weighted by Crippen LogP contribution is 2.36. The van der Waals surface area contributed by atoms with Crippen LogP contribution in [0.4, 0.5) is 0 Å². The van der Waals surface area contributed by atoms with Gasteiger partial charge in [0, 0.05) is 65.1 Å². The Balaban J connectivity index is 0.789. The molecule has 0 unspecified atom stereocenters. The molecule has 0 saturated carbocycles. The van der Waals surface area contributed by atoms with E-state index < -0.39 is 354 Å². The molecule has 9 aliphatic heterocycles. The van der Waals surface area contributed by atoms with Crippen molar-refractivity contribution in [1.29, 1.82) is 0 Å². The van der Waals surface area contributed by atoms with E-state index in [1.54, 1.807) is 9.80 Å². The normalized spacial score (nSPS) is 38.6. The van der Waals surface area contributed by atoms with Crippen LogP contribution in [0.1, 0.15) is 89.9 Å². The number of rotatable bonds is 59. The number of unbranched alkanes of at least 4 members (excludes halogenated alkanes) is 8. The number of imide groups is 1. The van der Waals surface area contributed by atoms with Crippen molar-refractivity contribution in [3.8, 4) is 0 Å². The van der Waals surface area contributed by atoms with Gasteiger partial charge in [-0.2, -0.15) is 0 Å². The lowest BCUT2D eigenvalue weighted by molar-refractivity contribution is -0.366. The molecular formula is C84H147N7O51. The van der Waals surface area contributed by atoms with Gasteiger partial charge in [-0.05, 0) is 51.6 Å². The molecule has 824 valence electrons. The van der Waals surface area contributed by atoms with Gasteiger partial charge in [0.15, 0.2) is 50.3 Å². The number of nitrogens with zero attached hydrogens (tertiary/aromatic N) is 4. The van der Waals surface area contributed by atoms with E-state index in [0.717, 1.165) is 0 Å². The van der Waals surface area contributed by atoms with Crippen LogP contribution in [0.15, 0.2) is 0 Å². The molecule has 0 radical (unpaired) electrons. The van der Waals surface area contributed by atoms with Gasteiger partial charge in [-0.3, -0.25) is 38.7 Å². The number of carbonyl (C=O) groups excluding carboxylic acids is 6. The summed E-state index contributed by atoms with van der Waals surface area (Å²) in [4.78, 5) is 87.1. The molecule has 0 aromatic carbocycles. The predicted molar refractivity (Wildman–Crippen MR) is 460 cm³/mol. The summed E-state index contributed by atoms with van der Waals surface area (Å²) < 4.78 is 91.5. The van der Waals surface area contributed by atoms with E-state index in [-0.39, 0.29) is 111 Å². The molecular weight excluding hydrogens is 1920 g/mol. The fraction of sp³-hybridized carbons (Fsp3) is 0.929. The number of hydrogen-bond donors (Lipinski definition) is 31. The number of carbonyl (C=O) groups is 6. The SMILES string of the molecule is O=C(CN(CC(=O)NCCCCCCN(CCO[C@H]1O[C@H](CO)[C@@H](O)[C@H](O)[C@@H]1O)CCO[C@H]1O[C@H](CO[C@H]2O[C@H](CO)[C@@H](O)[C@H](O)[C@@H]2O)[C@@H](O)[C@H](O[C@H]2O[C@H](CO)[C@@H](O)[C@H](O)[C@@H]2O)[C@@H]1O)CC(=O)NCCCCCC(=O)ON1C(=O)CCC1=O)NCCCCCCN(CCO[C@H]1O[C@H](CO)[C@@H](O)[C@H](O)[C@@H]1O)CCO[C@H]1O[C@H](CO[C@H]2O[C@H](CO)[C@@H](O)[C@H](O)[C@@H]2O)[C@@H](O)[C@H](O[C@H]2O[C@H](CO)[C@@H](O)[C@H](O)[C@@H]2O)[C@@H]1O. The molecule has 9 rings (SSSR count). The molecule has 58 nitrogen and oxygen atoms in total. The van der Waals surface area contributed by atoms with E-state index in [9.17, 15) is 172 Å². The van der Waals surface area contributed by atoms with Gasteiger partial charge >= 0.3 is 5.97 Å². The van der Waals surface area contributed by atoms with Gasteiger partial charge in [-0.1, -0.05) is 32.1 Å². The van der Waals surface area contributed by atoms with Crippen molar-refractivity contribution in [3.05, 3.63) is 0 Å². The molecule has 0 aromatic heterocycles. The Labute approximate surface area is 814 Å². The van der Waals surface area contributed by atoms with Gasteiger partial charge in [-0.25, -0.2) is 4.79 Å². The second-order valence-corrected chi connectivity index (χ2v) is 36.1. The summed E-state index contributed by atoms with van der Waals surface area (Å²) in [5.41, 5.74) is 0. The first-order chi connectivity index (χ1) is 67.8. The third kappa shape index (κ3) is 34.1. The van der Waals surface area contributed by atoms with Crippen molar-refractivity contribution >= 4 is 35.5 Å². The van der Waals surface area contributed by atoms with Gasteiger partial charge in [-0.15, -0.1) is 5.06 Å². The summed E-state index contributed by atoms with van der Waals surface area (Å²) in [6.07, 6.45) is -66.1. The Hall–Kier alpha value is -4.86. The van der Waals surface area contributed by atoms with Gasteiger partial charge in [0.2, 0.25) is 17.7 Å². The third-order valence-corrected chi connectivity index (χ3v) is 25.7. The average molecular weight is 2070 g/mol. The van der Waals surface area contributed by atoms with Crippen LogP contribution in [0.3, 0.4) is 0 Å². The van der Waals surface area contributed by atoms with E-state index in [1.807, 2.05) is 0 Å². The minimum Gasteiger partial charge on any atom is -0.394 e. The number of amides is 5. The van der Waals surface area contributed by atoms with Crippen LogP contribution in [0, 0.1) is 0 Å². The van der Waals surface area contributed by atoms with Crippen LogP contribution in [-0.2, 0) is 109 Å². The predicted octanol–water partition coefficient (Wildman–Crippen LogP) is -18.9. The number of ether oxygens (including phenoxy) is 16. The lowest BCUT2D eigenvalue weighted by Crippen LogP contribution is -2.65. The number of aliphatic hydroxyl groups excluding tert-OH is 28. The molecule has 40 atom stereocenters. The molecule has 9 aliphatic rings. The topological polar surface area (TPSA) is 875 Å². The van der Waals surface area contributed by atoms with Crippen LogP contribution >= 0.6 is 0 Å². The molecule has 0 bridgehead atoms. The van der Waals surface area contributed by atoms with E-state index in [2.05, 4.69) is 16.0 Å². The van der Waals surface area contributed by atoms with E-state index >= 15 is 0 Å². The van der Waals surface area contributed by atoms with Crippen molar-refractivity contribution in [1.82, 2.24) is 35.7 Å². The highest BCUT2D eigenvalue weighted by atomic mass is 16.8. The maximum atomic E-state index is 13.7. The molecule has 5 amide bonds. The summed E-state index contributed by atoms with van der Waals surface area (Å²) in [7, 11) is 0. The number of nitrogens with one attached hydrogen (secondary N) is 3. The molecule has 0 aromatic rings. The van der Waals surface area contributed by atoms with Crippen LogP contribution < -0.4 is 16.0 Å². The Morgan fingerprint density at radius 3 is 0.810 bits per heavy atom. The number of hydroxylamine groups is 2. The molecule has 0 spiro atoms.